The molecule has 0 spiro atoms. The van der Waals surface area contributed by atoms with Crippen LogP contribution in [-0.2, 0) is 0 Å². The van der Waals surface area contributed by atoms with Crippen LogP contribution in [0.5, 0.6) is 0 Å². The van der Waals surface area contributed by atoms with Gasteiger partial charge in [-0.3, -0.25) is 4.79 Å². The van der Waals surface area contributed by atoms with Gasteiger partial charge in [-0.1, -0.05) is 23.7 Å². The quantitative estimate of drug-likeness (QED) is 0.785. The normalized spacial score (nSPS) is 11.8. The maximum atomic E-state index is 13.7. The molecule has 0 aliphatic carbocycles. The van der Waals surface area contributed by atoms with Crippen molar-refractivity contribution >= 4 is 34.2 Å². The number of benzene rings is 2. The third-order valence-corrected chi connectivity index (χ3v) is 3.28. The summed E-state index contributed by atoms with van der Waals surface area (Å²) in [6.07, 6.45) is 0. The maximum Gasteiger partial charge on any atom is 0.254 e. The van der Waals surface area contributed by atoms with E-state index in [9.17, 15) is 9.18 Å². The van der Waals surface area contributed by atoms with E-state index in [2.05, 4.69) is 4.99 Å². The summed E-state index contributed by atoms with van der Waals surface area (Å²) in [6, 6.07) is 12.4. The Kier molecular flexibility index (Phi) is 3.65. The summed E-state index contributed by atoms with van der Waals surface area (Å²) in [7, 11) is 0. The molecular formula is C16H10ClFN2O2. The Morgan fingerprint density at radius 3 is 2.68 bits per heavy atom. The van der Waals surface area contributed by atoms with Crippen LogP contribution in [0.1, 0.15) is 10.4 Å². The summed E-state index contributed by atoms with van der Waals surface area (Å²) in [5.74, 6) is -1.25. The lowest BCUT2D eigenvalue weighted by Gasteiger charge is -2.03. The molecule has 6 heteroatoms. The molecule has 0 radical (unpaired) electrons. The molecule has 2 N–H and O–H groups in total. The van der Waals surface area contributed by atoms with Crippen molar-refractivity contribution in [3.05, 3.63) is 70.5 Å². The average molecular weight is 317 g/mol. The molecule has 1 amide bonds. The lowest BCUT2D eigenvalue weighted by molar-refractivity contribution is 0.0996. The number of carbonyl (C=O) groups excluding carboxylic acids is 1. The Hall–Kier alpha value is -2.66. The second kappa shape index (κ2) is 5.61. The largest absolute Gasteiger partial charge is 0.438 e. The van der Waals surface area contributed by atoms with Gasteiger partial charge in [0.15, 0.2) is 0 Å². The van der Waals surface area contributed by atoms with E-state index in [1.165, 1.54) is 18.2 Å². The molecule has 1 aromatic heterocycles. The summed E-state index contributed by atoms with van der Waals surface area (Å²) in [6.45, 7) is 0. The molecule has 0 bridgehead atoms. The Morgan fingerprint density at radius 1 is 1.18 bits per heavy atom. The van der Waals surface area contributed by atoms with Crippen LogP contribution in [0, 0.1) is 5.82 Å². The highest BCUT2D eigenvalue weighted by Gasteiger charge is 2.10. The molecule has 110 valence electrons. The first kappa shape index (κ1) is 14.3. The van der Waals surface area contributed by atoms with Crippen LogP contribution in [0.3, 0.4) is 0 Å². The number of rotatable bonds is 2. The minimum Gasteiger partial charge on any atom is -0.438 e. The summed E-state index contributed by atoms with van der Waals surface area (Å²) >= 11 is 5.91. The number of para-hydroxylation sites is 1. The Bertz CT molecular complexity index is 950. The van der Waals surface area contributed by atoms with Crippen molar-refractivity contribution in [2.24, 2.45) is 10.7 Å². The monoisotopic (exact) mass is 316 g/mol. The Morgan fingerprint density at radius 2 is 1.95 bits per heavy atom. The van der Waals surface area contributed by atoms with Gasteiger partial charge in [0.25, 0.3) is 5.91 Å². The number of halogens is 2. The van der Waals surface area contributed by atoms with Crippen LogP contribution >= 0.6 is 11.6 Å². The topological polar surface area (TPSA) is 68.6 Å². The molecule has 2 aromatic carbocycles. The number of primary amides is 1. The predicted molar refractivity (Wildman–Crippen MR) is 81.4 cm³/mol. The van der Waals surface area contributed by atoms with Crippen LogP contribution < -0.4 is 11.3 Å². The molecule has 0 unspecified atom stereocenters. The zero-order valence-electron chi connectivity index (χ0n) is 11.2. The molecule has 1 heterocycles. The van der Waals surface area contributed by atoms with E-state index in [1.54, 1.807) is 30.3 Å². The van der Waals surface area contributed by atoms with E-state index in [0.29, 0.717) is 16.0 Å². The van der Waals surface area contributed by atoms with Gasteiger partial charge in [0.1, 0.15) is 22.7 Å². The third-order valence-electron chi connectivity index (χ3n) is 3.05. The number of nitrogens with two attached hydrogens (primary N) is 1. The van der Waals surface area contributed by atoms with Crippen LogP contribution in [0.25, 0.3) is 11.0 Å². The molecule has 0 saturated carbocycles. The van der Waals surface area contributed by atoms with Gasteiger partial charge in [-0.25, -0.2) is 9.38 Å². The van der Waals surface area contributed by atoms with Crippen molar-refractivity contribution in [1.29, 1.82) is 0 Å². The predicted octanol–water partition coefficient (Wildman–Crippen LogP) is 3.56. The fraction of sp³-hybridized carbons (Fsp3) is 0. The number of hydrogen-bond acceptors (Lipinski definition) is 3. The van der Waals surface area contributed by atoms with E-state index in [-0.39, 0.29) is 16.8 Å². The van der Waals surface area contributed by atoms with E-state index >= 15 is 0 Å². The van der Waals surface area contributed by atoms with E-state index in [4.69, 9.17) is 21.8 Å². The highest BCUT2D eigenvalue weighted by atomic mass is 35.5. The highest BCUT2D eigenvalue weighted by Crippen LogP contribution is 2.20. The molecule has 0 saturated heterocycles. The van der Waals surface area contributed by atoms with E-state index in [0.717, 1.165) is 0 Å². The molecule has 22 heavy (non-hydrogen) atoms. The van der Waals surface area contributed by atoms with Gasteiger partial charge in [-0.05, 0) is 36.4 Å². The lowest BCUT2D eigenvalue weighted by Crippen LogP contribution is -2.21. The smallest absolute Gasteiger partial charge is 0.254 e. The minimum atomic E-state index is -0.722. The molecule has 0 atom stereocenters. The molecule has 3 rings (SSSR count). The summed E-state index contributed by atoms with van der Waals surface area (Å²) in [4.78, 5) is 15.7. The van der Waals surface area contributed by atoms with Crippen molar-refractivity contribution in [3.8, 4) is 0 Å². The lowest BCUT2D eigenvalue weighted by atomic mass is 10.2. The maximum absolute atomic E-state index is 13.7. The molecular weight excluding hydrogens is 307 g/mol. The van der Waals surface area contributed by atoms with Crippen molar-refractivity contribution < 1.29 is 13.6 Å². The Labute approximate surface area is 129 Å². The molecule has 0 aliphatic rings. The standard InChI is InChI=1S/C16H10ClFN2O2/c17-10-5-6-14-9(7-10)8-11(15(19)21)16(22-14)20-13-4-2-1-3-12(13)18/h1-8H,(H2,19,21). The summed E-state index contributed by atoms with van der Waals surface area (Å²) in [5, 5.41) is 1.10. The summed E-state index contributed by atoms with van der Waals surface area (Å²) in [5.41, 5.74) is 5.87. The van der Waals surface area contributed by atoms with Gasteiger partial charge in [0.05, 0.1) is 0 Å². The van der Waals surface area contributed by atoms with Crippen molar-refractivity contribution in [2.45, 2.75) is 0 Å². The fourth-order valence-electron chi connectivity index (χ4n) is 2.01. The molecule has 0 aliphatic heterocycles. The number of hydrogen-bond donors (Lipinski definition) is 1. The zero-order chi connectivity index (χ0) is 15.7. The van der Waals surface area contributed by atoms with Crippen LogP contribution in [0.2, 0.25) is 5.02 Å². The van der Waals surface area contributed by atoms with Gasteiger partial charge in [0.2, 0.25) is 5.55 Å². The second-order valence-electron chi connectivity index (χ2n) is 4.57. The first-order valence-electron chi connectivity index (χ1n) is 6.37. The minimum absolute atomic E-state index is 0.0487. The highest BCUT2D eigenvalue weighted by molar-refractivity contribution is 6.31. The first-order valence-corrected chi connectivity index (χ1v) is 6.75. The van der Waals surface area contributed by atoms with Crippen molar-refractivity contribution in [3.63, 3.8) is 0 Å². The SMILES string of the molecule is NC(=O)c1cc2cc(Cl)ccc2oc1=Nc1ccccc1F. The van der Waals surface area contributed by atoms with Crippen LogP contribution in [0.15, 0.2) is 57.9 Å². The van der Waals surface area contributed by atoms with Crippen molar-refractivity contribution in [2.75, 3.05) is 0 Å². The molecule has 3 aromatic rings. The van der Waals surface area contributed by atoms with Gasteiger partial charge >= 0.3 is 0 Å². The third kappa shape index (κ3) is 2.71. The van der Waals surface area contributed by atoms with Crippen LogP contribution in [0.4, 0.5) is 10.1 Å². The number of carbonyl (C=O) groups is 1. The number of nitrogens with zero attached hydrogens (tertiary/aromatic N) is 1. The average Bonchev–Trinajstić information content (AvgIpc) is 2.49. The van der Waals surface area contributed by atoms with Gasteiger partial charge in [0, 0.05) is 10.4 Å². The zero-order valence-corrected chi connectivity index (χ0v) is 12.0. The van der Waals surface area contributed by atoms with Gasteiger partial charge in [-0.2, -0.15) is 0 Å². The number of fused-ring (bicyclic) bond motifs is 1. The van der Waals surface area contributed by atoms with Gasteiger partial charge in [-0.15, -0.1) is 0 Å². The first-order chi connectivity index (χ1) is 10.5. The van der Waals surface area contributed by atoms with E-state index < -0.39 is 11.7 Å². The fourth-order valence-corrected chi connectivity index (χ4v) is 2.19. The number of amides is 1. The Balaban J connectivity index is 2.32. The second-order valence-corrected chi connectivity index (χ2v) is 5.01. The molecule has 4 nitrogen and oxygen atoms in total. The van der Waals surface area contributed by atoms with E-state index in [1.807, 2.05) is 0 Å². The summed E-state index contributed by atoms with van der Waals surface area (Å²) < 4.78 is 19.3. The van der Waals surface area contributed by atoms with Gasteiger partial charge < -0.3 is 10.2 Å². The van der Waals surface area contributed by atoms with Crippen molar-refractivity contribution in [1.82, 2.24) is 0 Å². The molecule has 0 fully saturated rings. The van der Waals surface area contributed by atoms with Crippen LogP contribution in [-0.4, -0.2) is 5.91 Å².